The molecule has 1 saturated heterocycles. The average Bonchev–Trinajstić information content (AvgIpc) is 2.62. The van der Waals surface area contributed by atoms with E-state index in [1.54, 1.807) is 0 Å². The van der Waals surface area contributed by atoms with E-state index in [0.29, 0.717) is 0 Å². The van der Waals surface area contributed by atoms with Crippen LogP contribution < -0.4 is 0 Å². The molecule has 0 unspecified atom stereocenters. The lowest BCUT2D eigenvalue weighted by Crippen LogP contribution is -2.35. The summed E-state index contributed by atoms with van der Waals surface area (Å²) >= 11 is 0. The summed E-state index contributed by atoms with van der Waals surface area (Å²) in [6, 6.07) is 8.04. The first kappa shape index (κ1) is 15.0. The maximum absolute atomic E-state index is 12.8. The fourth-order valence-corrected chi connectivity index (χ4v) is 2.74. The SMILES string of the molecule is CN1CCCN(C(=O)c2ccccc2C(C)(C)C)CC1. The van der Waals surface area contributed by atoms with Gasteiger partial charge >= 0.3 is 0 Å². The number of carbonyl (C=O) groups excluding carboxylic acids is 1. The highest BCUT2D eigenvalue weighted by atomic mass is 16.2. The number of hydrogen-bond donors (Lipinski definition) is 0. The number of nitrogens with zero attached hydrogens (tertiary/aromatic N) is 2. The van der Waals surface area contributed by atoms with Crippen molar-refractivity contribution in [3.63, 3.8) is 0 Å². The Morgan fingerprint density at radius 1 is 1.05 bits per heavy atom. The van der Waals surface area contributed by atoms with E-state index in [9.17, 15) is 4.79 Å². The summed E-state index contributed by atoms with van der Waals surface area (Å²) in [7, 11) is 2.12. The number of likely N-dealkylation sites (N-methyl/N-ethyl adjacent to an activating group) is 1. The van der Waals surface area contributed by atoms with Gasteiger partial charge < -0.3 is 9.80 Å². The highest BCUT2D eigenvalue weighted by Gasteiger charge is 2.25. The van der Waals surface area contributed by atoms with E-state index < -0.39 is 0 Å². The Morgan fingerprint density at radius 3 is 2.45 bits per heavy atom. The first-order valence-electron chi connectivity index (χ1n) is 7.47. The largest absolute Gasteiger partial charge is 0.337 e. The summed E-state index contributed by atoms with van der Waals surface area (Å²) in [5.74, 6) is 0.186. The van der Waals surface area contributed by atoms with Gasteiger partial charge in [-0.1, -0.05) is 39.0 Å². The van der Waals surface area contributed by atoms with Gasteiger partial charge in [-0.25, -0.2) is 0 Å². The van der Waals surface area contributed by atoms with Crippen LogP contribution in [0.4, 0.5) is 0 Å². The van der Waals surface area contributed by atoms with Crippen LogP contribution in [0.25, 0.3) is 0 Å². The van der Waals surface area contributed by atoms with Gasteiger partial charge in [-0.3, -0.25) is 4.79 Å². The summed E-state index contributed by atoms with van der Waals surface area (Å²) in [5.41, 5.74) is 2.00. The highest BCUT2D eigenvalue weighted by Crippen LogP contribution is 2.26. The topological polar surface area (TPSA) is 23.6 Å². The number of benzene rings is 1. The van der Waals surface area contributed by atoms with Crippen LogP contribution in [0.3, 0.4) is 0 Å². The Labute approximate surface area is 122 Å². The Morgan fingerprint density at radius 2 is 1.75 bits per heavy atom. The zero-order chi connectivity index (χ0) is 14.8. The predicted octanol–water partition coefficient (Wildman–Crippen LogP) is 2.76. The summed E-state index contributed by atoms with van der Waals surface area (Å²) in [6.07, 6.45) is 1.06. The van der Waals surface area contributed by atoms with E-state index in [2.05, 4.69) is 38.8 Å². The molecule has 0 aromatic heterocycles. The molecule has 0 N–H and O–H groups in total. The third kappa shape index (κ3) is 3.40. The maximum Gasteiger partial charge on any atom is 0.254 e. The number of rotatable bonds is 1. The molecular weight excluding hydrogens is 248 g/mol. The van der Waals surface area contributed by atoms with Crippen LogP contribution in [-0.4, -0.2) is 48.9 Å². The quantitative estimate of drug-likeness (QED) is 0.786. The molecule has 0 bridgehead atoms. The Hall–Kier alpha value is -1.35. The van der Waals surface area contributed by atoms with Crippen LogP contribution in [0.5, 0.6) is 0 Å². The van der Waals surface area contributed by atoms with Crippen LogP contribution in [0.2, 0.25) is 0 Å². The highest BCUT2D eigenvalue weighted by molar-refractivity contribution is 5.96. The lowest BCUT2D eigenvalue weighted by atomic mass is 9.83. The Bertz CT molecular complexity index is 476. The van der Waals surface area contributed by atoms with Gasteiger partial charge in [0.1, 0.15) is 0 Å². The predicted molar refractivity (Wildman–Crippen MR) is 83.2 cm³/mol. The molecule has 0 saturated carbocycles. The van der Waals surface area contributed by atoms with E-state index >= 15 is 0 Å². The minimum Gasteiger partial charge on any atom is -0.337 e. The van der Waals surface area contributed by atoms with Gasteiger partial charge in [-0.2, -0.15) is 0 Å². The standard InChI is InChI=1S/C17H26N2O/c1-17(2,3)15-9-6-5-8-14(15)16(20)19-11-7-10-18(4)12-13-19/h5-6,8-9H,7,10-13H2,1-4H3. The number of amides is 1. The van der Waals surface area contributed by atoms with Crippen LogP contribution in [0.15, 0.2) is 24.3 Å². The van der Waals surface area contributed by atoms with Crippen LogP contribution >= 0.6 is 0 Å². The summed E-state index contributed by atoms with van der Waals surface area (Å²) in [6.45, 7) is 10.2. The first-order valence-corrected chi connectivity index (χ1v) is 7.47. The van der Waals surface area contributed by atoms with E-state index in [1.807, 2.05) is 23.1 Å². The average molecular weight is 274 g/mol. The van der Waals surface area contributed by atoms with Gasteiger partial charge in [0.25, 0.3) is 5.91 Å². The fraction of sp³-hybridized carbons (Fsp3) is 0.588. The Kier molecular flexibility index (Phi) is 4.48. The third-order valence-corrected chi connectivity index (χ3v) is 3.97. The Balaban J connectivity index is 2.25. The molecule has 1 amide bonds. The van der Waals surface area contributed by atoms with Crippen molar-refractivity contribution in [2.24, 2.45) is 0 Å². The van der Waals surface area contributed by atoms with Crippen molar-refractivity contribution in [1.29, 1.82) is 0 Å². The fourth-order valence-electron chi connectivity index (χ4n) is 2.74. The monoisotopic (exact) mass is 274 g/mol. The number of hydrogen-bond acceptors (Lipinski definition) is 2. The summed E-state index contributed by atoms with van der Waals surface area (Å²) in [4.78, 5) is 17.1. The minimum absolute atomic E-state index is 0.00507. The minimum atomic E-state index is -0.00507. The summed E-state index contributed by atoms with van der Waals surface area (Å²) in [5, 5.41) is 0. The smallest absolute Gasteiger partial charge is 0.254 e. The molecule has 1 aliphatic rings. The zero-order valence-corrected chi connectivity index (χ0v) is 13.1. The number of carbonyl (C=O) groups is 1. The normalized spacial score (nSPS) is 17.9. The summed E-state index contributed by atoms with van der Waals surface area (Å²) < 4.78 is 0. The van der Waals surface area contributed by atoms with Gasteiger partial charge in [-0.05, 0) is 37.1 Å². The molecule has 1 heterocycles. The molecule has 3 nitrogen and oxygen atoms in total. The first-order chi connectivity index (χ1) is 9.39. The molecule has 20 heavy (non-hydrogen) atoms. The molecule has 0 radical (unpaired) electrons. The molecule has 1 fully saturated rings. The lowest BCUT2D eigenvalue weighted by molar-refractivity contribution is 0.0760. The van der Waals surface area contributed by atoms with E-state index in [0.717, 1.165) is 43.7 Å². The molecule has 2 rings (SSSR count). The second-order valence-corrected chi connectivity index (χ2v) is 6.74. The van der Waals surface area contributed by atoms with E-state index in [-0.39, 0.29) is 11.3 Å². The maximum atomic E-state index is 12.8. The van der Waals surface area contributed by atoms with Gasteiger partial charge in [0.05, 0.1) is 0 Å². The van der Waals surface area contributed by atoms with Crippen molar-refractivity contribution < 1.29 is 4.79 Å². The second kappa shape index (κ2) is 5.96. The van der Waals surface area contributed by atoms with Gasteiger partial charge in [0.15, 0.2) is 0 Å². The van der Waals surface area contributed by atoms with Gasteiger partial charge in [-0.15, -0.1) is 0 Å². The van der Waals surface area contributed by atoms with Crippen molar-refractivity contribution in [1.82, 2.24) is 9.80 Å². The van der Waals surface area contributed by atoms with Crippen LogP contribution in [-0.2, 0) is 5.41 Å². The van der Waals surface area contributed by atoms with Crippen LogP contribution in [0.1, 0.15) is 43.1 Å². The van der Waals surface area contributed by atoms with E-state index in [4.69, 9.17) is 0 Å². The van der Waals surface area contributed by atoms with Crippen molar-refractivity contribution in [2.75, 3.05) is 33.2 Å². The molecule has 1 aromatic rings. The van der Waals surface area contributed by atoms with Crippen LogP contribution in [0, 0.1) is 0 Å². The third-order valence-electron chi connectivity index (χ3n) is 3.97. The van der Waals surface area contributed by atoms with Crippen molar-refractivity contribution in [2.45, 2.75) is 32.6 Å². The zero-order valence-electron chi connectivity index (χ0n) is 13.1. The van der Waals surface area contributed by atoms with Gasteiger partial charge in [0, 0.05) is 25.2 Å². The van der Waals surface area contributed by atoms with E-state index in [1.165, 1.54) is 0 Å². The molecule has 110 valence electrons. The molecule has 1 aliphatic heterocycles. The van der Waals surface area contributed by atoms with Crippen molar-refractivity contribution in [3.05, 3.63) is 35.4 Å². The lowest BCUT2D eigenvalue weighted by Gasteiger charge is -2.26. The van der Waals surface area contributed by atoms with Crippen molar-refractivity contribution in [3.8, 4) is 0 Å². The molecular formula is C17H26N2O. The second-order valence-electron chi connectivity index (χ2n) is 6.74. The molecule has 3 heteroatoms. The molecule has 0 aliphatic carbocycles. The molecule has 0 spiro atoms. The molecule has 1 aromatic carbocycles. The van der Waals surface area contributed by atoms with Gasteiger partial charge in [0.2, 0.25) is 0 Å². The molecule has 0 atom stereocenters. The van der Waals surface area contributed by atoms with Crippen molar-refractivity contribution >= 4 is 5.91 Å².